The smallest absolute Gasteiger partial charge is 0.166 e. The fourth-order valence-corrected chi connectivity index (χ4v) is 6.16. The van der Waals surface area contributed by atoms with Crippen molar-refractivity contribution < 1.29 is 9.59 Å². The van der Waals surface area contributed by atoms with Gasteiger partial charge in [0, 0.05) is 28.4 Å². The Labute approximate surface area is 193 Å². The standard InChI is InChI=1S/C31H24O2/c32-29(21-11-3-1-4-12-21)25-19-31(20-26(25)30(33)22-13-5-2-6-14-22)27-17-9-7-15-23(27)24-16-8-10-18-28(24)31/h1-18,25-26H,19-20H2/t25-,26-/m0/s1. The lowest BCUT2D eigenvalue weighted by Crippen LogP contribution is -2.25. The molecule has 0 saturated heterocycles. The zero-order chi connectivity index (χ0) is 22.4. The summed E-state index contributed by atoms with van der Waals surface area (Å²) in [6.45, 7) is 0. The maximum atomic E-state index is 13.8. The number of rotatable bonds is 4. The number of carbonyl (C=O) groups is 2. The van der Waals surface area contributed by atoms with Crippen molar-refractivity contribution in [2.75, 3.05) is 0 Å². The average Bonchev–Trinajstić information content (AvgIpc) is 3.42. The van der Waals surface area contributed by atoms with Gasteiger partial charge in [0.1, 0.15) is 0 Å². The first-order chi connectivity index (χ1) is 16.2. The van der Waals surface area contributed by atoms with E-state index >= 15 is 0 Å². The highest BCUT2D eigenvalue weighted by Gasteiger charge is 2.55. The Morgan fingerprint density at radius 2 is 0.879 bits per heavy atom. The van der Waals surface area contributed by atoms with Crippen LogP contribution in [0.25, 0.3) is 11.1 Å². The second-order valence-corrected chi connectivity index (χ2v) is 9.26. The molecule has 2 aliphatic rings. The van der Waals surface area contributed by atoms with Crippen molar-refractivity contribution in [2.24, 2.45) is 11.8 Å². The van der Waals surface area contributed by atoms with Crippen molar-refractivity contribution in [1.82, 2.24) is 0 Å². The summed E-state index contributed by atoms with van der Waals surface area (Å²) in [5.41, 5.74) is 6.01. The second kappa shape index (κ2) is 7.67. The first kappa shape index (κ1) is 19.9. The SMILES string of the molecule is O=C(c1ccccc1)[C@H]1CC2(C[C@@H]1C(=O)c1ccccc1)c1ccccc1-c1ccccc12. The van der Waals surface area contributed by atoms with Gasteiger partial charge in [-0.2, -0.15) is 0 Å². The quantitative estimate of drug-likeness (QED) is 0.337. The van der Waals surface area contributed by atoms with E-state index in [1.807, 2.05) is 60.7 Å². The fraction of sp³-hybridized carbons (Fsp3) is 0.161. The van der Waals surface area contributed by atoms with Crippen molar-refractivity contribution in [3.05, 3.63) is 131 Å². The summed E-state index contributed by atoms with van der Waals surface area (Å²) in [6.07, 6.45) is 1.30. The summed E-state index contributed by atoms with van der Waals surface area (Å²) in [4.78, 5) is 27.6. The third-order valence-corrected chi connectivity index (χ3v) is 7.59. The lowest BCUT2D eigenvalue weighted by Gasteiger charge is -2.27. The van der Waals surface area contributed by atoms with Gasteiger partial charge >= 0.3 is 0 Å². The van der Waals surface area contributed by atoms with Crippen LogP contribution in [0.5, 0.6) is 0 Å². The van der Waals surface area contributed by atoms with Crippen molar-refractivity contribution in [3.8, 4) is 11.1 Å². The van der Waals surface area contributed by atoms with Gasteiger partial charge in [-0.25, -0.2) is 0 Å². The van der Waals surface area contributed by atoms with Crippen molar-refractivity contribution in [2.45, 2.75) is 18.3 Å². The van der Waals surface area contributed by atoms with Crippen LogP contribution in [0.15, 0.2) is 109 Å². The van der Waals surface area contributed by atoms with Gasteiger partial charge in [-0.3, -0.25) is 9.59 Å². The monoisotopic (exact) mass is 428 g/mol. The zero-order valence-corrected chi connectivity index (χ0v) is 18.3. The molecule has 0 heterocycles. The molecular weight excluding hydrogens is 404 g/mol. The molecular formula is C31H24O2. The molecule has 0 aliphatic heterocycles. The Kier molecular flexibility index (Phi) is 4.62. The van der Waals surface area contributed by atoms with Gasteiger partial charge in [0.25, 0.3) is 0 Å². The predicted molar refractivity (Wildman–Crippen MR) is 130 cm³/mol. The maximum Gasteiger partial charge on any atom is 0.166 e. The molecule has 33 heavy (non-hydrogen) atoms. The van der Waals surface area contributed by atoms with Crippen LogP contribution in [0.2, 0.25) is 0 Å². The van der Waals surface area contributed by atoms with Gasteiger partial charge in [-0.1, -0.05) is 109 Å². The van der Waals surface area contributed by atoms with Gasteiger partial charge in [0.15, 0.2) is 11.6 Å². The Balaban J connectivity index is 1.51. The molecule has 6 rings (SSSR count). The van der Waals surface area contributed by atoms with Crippen LogP contribution in [0.1, 0.15) is 44.7 Å². The summed E-state index contributed by atoms with van der Waals surface area (Å²) >= 11 is 0. The molecule has 4 aromatic rings. The largest absolute Gasteiger partial charge is 0.294 e. The van der Waals surface area contributed by atoms with Gasteiger partial charge in [-0.05, 0) is 35.1 Å². The Bertz CT molecular complexity index is 1250. The van der Waals surface area contributed by atoms with Crippen LogP contribution in [0, 0.1) is 11.8 Å². The molecule has 0 amide bonds. The molecule has 1 fully saturated rings. The summed E-state index contributed by atoms with van der Waals surface area (Å²) in [7, 11) is 0. The highest BCUT2D eigenvalue weighted by Crippen LogP contribution is 2.60. The van der Waals surface area contributed by atoms with E-state index in [0.29, 0.717) is 24.0 Å². The van der Waals surface area contributed by atoms with E-state index < -0.39 is 0 Å². The van der Waals surface area contributed by atoms with Crippen molar-refractivity contribution in [3.63, 3.8) is 0 Å². The number of hydrogen-bond acceptors (Lipinski definition) is 2. The van der Waals surface area contributed by atoms with E-state index in [-0.39, 0.29) is 28.8 Å². The molecule has 0 radical (unpaired) electrons. The number of carbonyl (C=O) groups excluding carboxylic acids is 2. The number of ketones is 2. The van der Waals surface area contributed by atoms with E-state index in [9.17, 15) is 9.59 Å². The van der Waals surface area contributed by atoms with Gasteiger partial charge in [-0.15, -0.1) is 0 Å². The average molecular weight is 429 g/mol. The summed E-state index contributed by atoms with van der Waals surface area (Å²) < 4.78 is 0. The first-order valence-electron chi connectivity index (χ1n) is 11.6. The van der Waals surface area contributed by atoms with Gasteiger partial charge in [0.05, 0.1) is 0 Å². The van der Waals surface area contributed by atoms with E-state index in [0.717, 1.165) is 0 Å². The third kappa shape index (κ3) is 3.01. The molecule has 0 aromatic heterocycles. The number of hydrogen-bond donors (Lipinski definition) is 0. The van der Waals surface area contributed by atoms with Crippen LogP contribution in [-0.4, -0.2) is 11.6 Å². The number of benzene rings is 4. The Morgan fingerprint density at radius 3 is 1.30 bits per heavy atom. The molecule has 0 unspecified atom stereocenters. The minimum Gasteiger partial charge on any atom is -0.294 e. The van der Waals surface area contributed by atoms with Crippen LogP contribution in [0.3, 0.4) is 0 Å². The molecule has 2 atom stereocenters. The van der Waals surface area contributed by atoms with Crippen LogP contribution in [-0.2, 0) is 5.41 Å². The minimum absolute atomic E-state index is 0.0728. The van der Waals surface area contributed by atoms with E-state index in [1.54, 1.807) is 0 Å². The van der Waals surface area contributed by atoms with Crippen LogP contribution < -0.4 is 0 Å². The van der Waals surface area contributed by atoms with Crippen molar-refractivity contribution >= 4 is 11.6 Å². The highest BCUT2D eigenvalue weighted by atomic mass is 16.1. The van der Waals surface area contributed by atoms with E-state index in [4.69, 9.17) is 0 Å². The third-order valence-electron chi connectivity index (χ3n) is 7.59. The number of fused-ring (bicyclic) bond motifs is 5. The maximum absolute atomic E-state index is 13.8. The molecule has 2 nitrogen and oxygen atoms in total. The highest BCUT2D eigenvalue weighted by molar-refractivity contribution is 6.06. The molecule has 1 spiro atoms. The van der Waals surface area contributed by atoms with Crippen LogP contribution in [0.4, 0.5) is 0 Å². The molecule has 2 aliphatic carbocycles. The van der Waals surface area contributed by atoms with Crippen molar-refractivity contribution in [1.29, 1.82) is 0 Å². The molecule has 1 saturated carbocycles. The number of Topliss-reactive ketones (excluding diaryl/α,β-unsaturated/α-hetero) is 2. The molecule has 4 aromatic carbocycles. The molecule has 2 heteroatoms. The molecule has 160 valence electrons. The first-order valence-corrected chi connectivity index (χ1v) is 11.6. The predicted octanol–water partition coefficient (Wildman–Crippen LogP) is 6.75. The summed E-state index contributed by atoms with van der Waals surface area (Å²) in [6, 6.07) is 35.9. The Morgan fingerprint density at radius 1 is 0.515 bits per heavy atom. The fourth-order valence-electron chi connectivity index (χ4n) is 6.16. The molecule has 0 bridgehead atoms. The van der Waals surface area contributed by atoms with Gasteiger partial charge in [0.2, 0.25) is 0 Å². The lowest BCUT2D eigenvalue weighted by atomic mass is 9.75. The summed E-state index contributed by atoms with van der Waals surface area (Å²) in [5.74, 6) is -0.578. The van der Waals surface area contributed by atoms with E-state index in [1.165, 1.54) is 22.3 Å². The second-order valence-electron chi connectivity index (χ2n) is 9.26. The minimum atomic E-state index is -0.362. The summed E-state index contributed by atoms with van der Waals surface area (Å²) in [5, 5.41) is 0. The zero-order valence-electron chi connectivity index (χ0n) is 18.3. The lowest BCUT2D eigenvalue weighted by molar-refractivity contribution is 0.0794. The van der Waals surface area contributed by atoms with E-state index in [2.05, 4.69) is 48.5 Å². The van der Waals surface area contributed by atoms with Crippen LogP contribution >= 0.6 is 0 Å². The topological polar surface area (TPSA) is 34.1 Å². The normalized spacial score (nSPS) is 19.8. The van der Waals surface area contributed by atoms with Gasteiger partial charge < -0.3 is 0 Å². The Hall–Kier alpha value is -3.78. The molecule has 0 N–H and O–H groups in total.